The third-order valence-electron chi connectivity index (χ3n) is 8.95. The number of hydrogen-bond acceptors (Lipinski definition) is 0. The fourth-order valence-electron chi connectivity index (χ4n) is 7.21. The van der Waals surface area contributed by atoms with Crippen LogP contribution in [0.1, 0.15) is 90.5 Å². The molecule has 0 nitrogen and oxygen atoms in total. The second-order valence-electron chi connectivity index (χ2n) is 11.4. The highest BCUT2D eigenvalue weighted by molar-refractivity contribution is 5.43. The van der Waals surface area contributed by atoms with Gasteiger partial charge >= 0.3 is 0 Å². The molecule has 4 rings (SSSR count). The lowest BCUT2D eigenvalue weighted by Gasteiger charge is -2.39. The first kappa shape index (κ1) is 25.8. The van der Waals surface area contributed by atoms with Crippen LogP contribution in [0.2, 0.25) is 0 Å². The van der Waals surface area contributed by atoms with E-state index in [2.05, 4.69) is 61.5 Å². The van der Waals surface area contributed by atoms with Crippen LogP contribution in [-0.4, -0.2) is 0 Å². The summed E-state index contributed by atoms with van der Waals surface area (Å²) in [4.78, 5) is 0. The lowest BCUT2D eigenvalue weighted by atomic mass is 9.65. The third-order valence-corrected chi connectivity index (χ3v) is 8.95. The van der Waals surface area contributed by atoms with Crippen LogP contribution >= 0.6 is 0 Å². The summed E-state index contributed by atoms with van der Waals surface area (Å²) >= 11 is 0. The van der Waals surface area contributed by atoms with Gasteiger partial charge in [0.1, 0.15) is 17.5 Å². The quantitative estimate of drug-likeness (QED) is 0.429. The lowest BCUT2D eigenvalue weighted by Crippen LogP contribution is -2.36. The van der Waals surface area contributed by atoms with Crippen LogP contribution in [0.3, 0.4) is 0 Å². The van der Waals surface area contributed by atoms with Crippen molar-refractivity contribution < 1.29 is 13.2 Å². The summed E-state index contributed by atoms with van der Waals surface area (Å²) in [6.45, 7) is 17.3. The van der Waals surface area contributed by atoms with Crippen LogP contribution in [0, 0.1) is 41.1 Å². The fourth-order valence-corrected chi connectivity index (χ4v) is 7.21. The normalized spacial score (nSPS) is 18.0. The van der Waals surface area contributed by atoms with Gasteiger partial charge in [0, 0.05) is 16.4 Å². The van der Waals surface area contributed by atoms with Gasteiger partial charge in [-0.3, -0.25) is 0 Å². The van der Waals surface area contributed by atoms with Crippen molar-refractivity contribution in [2.24, 2.45) is 23.7 Å². The molecule has 0 fully saturated rings. The number of benzene rings is 2. The molecule has 0 saturated heterocycles. The SMILES string of the molecule is CC(C)C1(C(C)C)CCc2c(F)ccc(F)c21.CC(C)C1(C(C)C)CCc2cccc(F)c21. The molecule has 2 aliphatic rings. The molecule has 0 aliphatic heterocycles. The molecule has 2 aliphatic carbocycles. The van der Waals surface area contributed by atoms with E-state index in [1.807, 2.05) is 6.07 Å². The van der Waals surface area contributed by atoms with Crippen LogP contribution in [0.4, 0.5) is 13.2 Å². The molecule has 0 N–H and O–H groups in total. The second kappa shape index (κ2) is 9.47. The molecule has 0 unspecified atom stereocenters. The van der Waals surface area contributed by atoms with E-state index in [-0.39, 0.29) is 28.3 Å². The van der Waals surface area contributed by atoms with Crippen molar-refractivity contribution in [1.29, 1.82) is 0 Å². The Balaban J connectivity index is 0.000000186. The molecule has 0 bridgehead atoms. The van der Waals surface area contributed by atoms with E-state index < -0.39 is 0 Å². The Bertz CT molecular complexity index is 968. The fraction of sp³-hybridized carbons (Fsp3) is 0.600. The molecule has 33 heavy (non-hydrogen) atoms. The van der Waals surface area contributed by atoms with Gasteiger partial charge in [-0.15, -0.1) is 0 Å². The van der Waals surface area contributed by atoms with Crippen LogP contribution in [0.5, 0.6) is 0 Å². The standard InChI is InChI=1S/C15H20F2.C15H21F/c1-9(2)15(10(3)4)8-7-11-12(16)5-6-13(17)14(11)15;1-10(2)15(11(3)4)9-8-12-6-5-7-13(16)14(12)15/h5-6,9-10H,7-8H2,1-4H3;5-7,10-11H,8-9H2,1-4H3. The van der Waals surface area contributed by atoms with Crippen molar-refractivity contribution in [3.05, 3.63) is 70.0 Å². The van der Waals surface area contributed by atoms with Gasteiger partial charge in [-0.2, -0.15) is 0 Å². The summed E-state index contributed by atoms with van der Waals surface area (Å²) < 4.78 is 42.0. The van der Waals surface area contributed by atoms with E-state index in [0.29, 0.717) is 41.2 Å². The minimum atomic E-state index is -0.246. The van der Waals surface area contributed by atoms with Gasteiger partial charge < -0.3 is 0 Å². The molecule has 182 valence electrons. The number of aryl methyl sites for hydroxylation is 1. The van der Waals surface area contributed by atoms with Crippen LogP contribution in [0.15, 0.2) is 30.3 Å². The first-order valence-electron chi connectivity index (χ1n) is 12.7. The van der Waals surface area contributed by atoms with Crippen molar-refractivity contribution >= 4 is 0 Å². The average molecular weight is 459 g/mol. The Labute approximate surface area is 199 Å². The van der Waals surface area contributed by atoms with Gasteiger partial charge in [-0.25, -0.2) is 13.2 Å². The number of hydrogen-bond donors (Lipinski definition) is 0. The smallest absolute Gasteiger partial charge is 0.127 e. The molecule has 2 aromatic rings. The monoisotopic (exact) mass is 458 g/mol. The van der Waals surface area contributed by atoms with E-state index in [0.717, 1.165) is 24.8 Å². The molecule has 0 spiro atoms. The predicted octanol–water partition coefficient (Wildman–Crippen LogP) is 8.78. The molecule has 0 aromatic heterocycles. The molecule has 3 heteroatoms. The Hall–Kier alpha value is -1.77. The van der Waals surface area contributed by atoms with E-state index >= 15 is 0 Å². The molecule has 0 heterocycles. The van der Waals surface area contributed by atoms with E-state index in [1.54, 1.807) is 6.07 Å². The van der Waals surface area contributed by atoms with E-state index in [1.165, 1.54) is 17.7 Å². The van der Waals surface area contributed by atoms with Crippen molar-refractivity contribution in [3.8, 4) is 0 Å². The van der Waals surface area contributed by atoms with Gasteiger partial charge in [-0.05, 0) is 84.2 Å². The number of halogens is 3. The molecular weight excluding hydrogens is 417 g/mol. The highest BCUT2D eigenvalue weighted by Crippen LogP contribution is 2.51. The van der Waals surface area contributed by atoms with Crippen LogP contribution in [0.25, 0.3) is 0 Å². The van der Waals surface area contributed by atoms with Gasteiger partial charge in [0.15, 0.2) is 0 Å². The molecule has 2 aromatic carbocycles. The summed E-state index contributed by atoms with van der Waals surface area (Å²) in [6.07, 6.45) is 3.65. The Morgan fingerprint density at radius 2 is 1.03 bits per heavy atom. The highest BCUT2D eigenvalue weighted by atomic mass is 19.1. The minimum Gasteiger partial charge on any atom is -0.207 e. The number of rotatable bonds is 4. The Morgan fingerprint density at radius 1 is 0.576 bits per heavy atom. The maximum absolute atomic E-state index is 14.1. The minimum absolute atomic E-state index is 0.00241. The van der Waals surface area contributed by atoms with Gasteiger partial charge in [0.2, 0.25) is 0 Å². The Morgan fingerprint density at radius 3 is 1.58 bits per heavy atom. The largest absolute Gasteiger partial charge is 0.207 e. The topological polar surface area (TPSA) is 0 Å². The molecule has 0 saturated carbocycles. The van der Waals surface area contributed by atoms with E-state index in [4.69, 9.17) is 0 Å². The maximum Gasteiger partial charge on any atom is 0.127 e. The van der Waals surface area contributed by atoms with Crippen molar-refractivity contribution in [2.75, 3.05) is 0 Å². The van der Waals surface area contributed by atoms with Crippen LogP contribution in [-0.2, 0) is 23.7 Å². The van der Waals surface area contributed by atoms with Gasteiger partial charge in [0.25, 0.3) is 0 Å². The number of fused-ring (bicyclic) bond motifs is 2. The molecule has 0 atom stereocenters. The molecular formula is C30H41F3. The third kappa shape index (κ3) is 4.04. The summed E-state index contributed by atoms with van der Waals surface area (Å²) in [5, 5.41) is 0. The highest BCUT2D eigenvalue weighted by Gasteiger charge is 2.47. The van der Waals surface area contributed by atoms with Gasteiger partial charge in [-0.1, -0.05) is 67.5 Å². The van der Waals surface area contributed by atoms with Crippen molar-refractivity contribution in [1.82, 2.24) is 0 Å². The molecule has 0 amide bonds. The Kier molecular flexibility index (Phi) is 7.42. The van der Waals surface area contributed by atoms with Crippen molar-refractivity contribution in [2.45, 2.75) is 91.9 Å². The van der Waals surface area contributed by atoms with Crippen LogP contribution < -0.4 is 0 Å². The van der Waals surface area contributed by atoms with Gasteiger partial charge in [0.05, 0.1) is 0 Å². The summed E-state index contributed by atoms with van der Waals surface area (Å²) in [5.41, 5.74) is 3.31. The summed E-state index contributed by atoms with van der Waals surface area (Å²) in [7, 11) is 0. The molecule has 0 radical (unpaired) electrons. The predicted molar refractivity (Wildman–Crippen MR) is 132 cm³/mol. The first-order valence-corrected chi connectivity index (χ1v) is 12.7. The zero-order chi connectivity index (χ0) is 24.7. The second-order valence-corrected chi connectivity index (χ2v) is 11.4. The zero-order valence-corrected chi connectivity index (χ0v) is 21.7. The van der Waals surface area contributed by atoms with Crippen molar-refractivity contribution in [3.63, 3.8) is 0 Å². The maximum atomic E-state index is 14.1. The average Bonchev–Trinajstić information content (AvgIpc) is 3.34. The zero-order valence-electron chi connectivity index (χ0n) is 21.7. The summed E-state index contributed by atoms with van der Waals surface area (Å²) in [5.74, 6) is 1.14. The lowest BCUT2D eigenvalue weighted by molar-refractivity contribution is 0.212. The summed E-state index contributed by atoms with van der Waals surface area (Å²) in [6, 6.07) is 8.07. The first-order chi connectivity index (χ1) is 15.4. The van der Waals surface area contributed by atoms with E-state index in [9.17, 15) is 13.2 Å².